The molecule has 3 N–H and O–H groups in total. The number of thiophene rings is 1. The van der Waals surface area contributed by atoms with Crippen molar-refractivity contribution in [2.75, 3.05) is 17.6 Å². The molecule has 1 aromatic carbocycles. The topological polar surface area (TPSA) is 58.4 Å². The molecule has 110 valence electrons. The van der Waals surface area contributed by atoms with Gasteiger partial charge in [0.2, 0.25) is 5.91 Å². The van der Waals surface area contributed by atoms with Crippen LogP contribution in [0.5, 0.6) is 0 Å². The minimum absolute atomic E-state index is 0.0176. The van der Waals surface area contributed by atoms with E-state index in [9.17, 15) is 4.79 Å². The minimum Gasteiger partial charge on any atom is -0.399 e. The van der Waals surface area contributed by atoms with Gasteiger partial charge in [0.25, 0.3) is 0 Å². The second-order valence-corrected chi connectivity index (χ2v) is 6.42. The quantitative estimate of drug-likeness (QED) is 0.807. The lowest BCUT2D eigenvalue weighted by atomic mass is 10.3. The third kappa shape index (κ3) is 4.06. The van der Waals surface area contributed by atoms with Gasteiger partial charge in [0.05, 0.1) is 6.54 Å². The standard InChI is InChI=1S/C16H19N3OS/c17-12-3-1-4-13(9-12)18-16(20)11-19(14-6-7-14)10-15-5-2-8-21-15/h1-5,8-9,14H,6-7,10-11,17H2,(H,18,20). The fraction of sp³-hybridized carbons (Fsp3) is 0.312. The van der Waals surface area contributed by atoms with E-state index in [2.05, 4.69) is 27.7 Å². The lowest BCUT2D eigenvalue weighted by molar-refractivity contribution is -0.117. The maximum atomic E-state index is 12.2. The molecule has 0 atom stereocenters. The van der Waals surface area contributed by atoms with Crippen LogP contribution in [0.4, 0.5) is 11.4 Å². The molecule has 0 saturated heterocycles. The van der Waals surface area contributed by atoms with Crippen molar-refractivity contribution in [2.24, 2.45) is 0 Å². The zero-order valence-electron chi connectivity index (χ0n) is 11.8. The smallest absolute Gasteiger partial charge is 0.238 e. The second kappa shape index (κ2) is 6.28. The highest BCUT2D eigenvalue weighted by Crippen LogP contribution is 2.29. The molecule has 1 amide bonds. The maximum Gasteiger partial charge on any atom is 0.238 e. The predicted octanol–water partition coefficient (Wildman–Crippen LogP) is 2.93. The molecule has 1 fully saturated rings. The minimum atomic E-state index is 0.0176. The Hall–Kier alpha value is -1.85. The number of nitrogens with zero attached hydrogens (tertiary/aromatic N) is 1. The molecule has 1 heterocycles. The number of benzene rings is 1. The van der Waals surface area contributed by atoms with Crippen molar-refractivity contribution in [3.63, 3.8) is 0 Å². The van der Waals surface area contributed by atoms with Gasteiger partial charge in [-0.3, -0.25) is 9.69 Å². The molecular weight excluding hydrogens is 282 g/mol. The number of carbonyl (C=O) groups is 1. The van der Waals surface area contributed by atoms with Crippen molar-refractivity contribution in [2.45, 2.75) is 25.4 Å². The molecule has 0 unspecified atom stereocenters. The Morgan fingerprint density at radius 1 is 1.33 bits per heavy atom. The van der Waals surface area contributed by atoms with Gasteiger partial charge < -0.3 is 11.1 Å². The van der Waals surface area contributed by atoms with Gasteiger partial charge in [-0.2, -0.15) is 0 Å². The normalized spacial score (nSPS) is 14.3. The van der Waals surface area contributed by atoms with E-state index in [0.717, 1.165) is 12.2 Å². The van der Waals surface area contributed by atoms with Gasteiger partial charge in [0.15, 0.2) is 0 Å². The van der Waals surface area contributed by atoms with E-state index >= 15 is 0 Å². The van der Waals surface area contributed by atoms with Crippen molar-refractivity contribution < 1.29 is 4.79 Å². The average Bonchev–Trinajstić information content (AvgIpc) is 3.17. The summed E-state index contributed by atoms with van der Waals surface area (Å²) in [6, 6.07) is 12.0. The summed E-state index contributed by atoms with van der Waals surface area (Å²) in [6.45, 7) is 1.28. The summed E-state index contributed by atoms with van der Waals surface area (Å²) in [5, 5.41) is 4.99. The summed E-state index contributed by atoms with van der Waals surface area (Å²) in [4.78, 5) is 15.8. The van der Waals surface area contributed by atoms with Gasteiger partial charge in [-0.1, -0.05) is 12.1 Å². The number of hydrogen-bond donors (Lipinski definition) is 2. The van der Waals surface area contributed by atoms with Crippen LogP contribution in [-0.2, 0) is 11.3 Å². The lowest BCUT2D eigenvalue weighted by Crippen LogP contribution is -2.34. The number of amides is 1. The molecule has 21 heavy (non-hydrogen) atoms. The molecule has 3 rings (SSSR count). The fourth-order valence-electron chi connectivity index (χ4n) is 2.36. The Morgan fingerprint density at radius 2 is 2.19 bits per heavy atom. The van der Waals surface area contributed by atoms with E-state index < -0.39 is 0 Å². The zero-order chi connectivity index (χ0) is 14.7. The van der Waals surface area contributed by atoms with Crippen LogP contribution in [0.15, 0.2) is 41.8 Å². The Morgan fingerprint density at radius 3 is 2.86 bits per heavy atom. The van der Waals surface area contributed by atoms with E-state index in [4.69, 9.17) is 5.73 Å². The van der Waals surface area contributed by atoms with Crippen molar-refractivity contribution in [3.8, 4) is 0 Å². The summed E-state index contributed by atoms with van der Waals surface area (Å²) < 4.78 is 0. The van der Waals surface area contributed by atoms with Crippen molar-refractivity contribution >= 4 is 28.6 Å². The molecule has 0 radical (unpaired) electrons. The van der Waals surface area contributed by atoms with Crippen LogP contribution in [0, 0.1) is 0 Å². The first-order chi connectivity index (χ1) is 10.2. The highest BCUT2D eigenvalue weighted by atomic mass is 32.1. The summed E-state index contributed by atoms with van der Waals surface area (Å²) in [5.74, 6) is 0.0176. The third-order valence-electron chi connectivity index (χ3n) is 3.52. The Balaban J connectivity index is 1.59. The summed E-state index contributed by atoms with van der Waals surface area (Å²) in [6.07, 6.45) is 2.38. The number of carbonyl (C=O) groups excluding carboxylic acids is 1. The van der Waals surface area contributed by atoms with Crippen LogP contribution in [-0.4, -0.2) is 23.4 Å². The van der Waals surface area contributed by atoms with E-state index in [1.165, 1.54) is 17.7 Å². The van der Waals surface area contributed by atoms with E-state index in [1.54, 1.807) is 17.4 Å². The molecule has 0 aliphatic heterocycles. The number of nitrogens with one attached hydrogen (secondary N) is 1. The molecule has 0 spiro atoms. The Kier molecular flexibility index (Phi) is 4.22. The molecule has 1 aliphatic rings. The van der Waals surface area contributed by atoms with Crippen molar-refractivity contribution in [3.05, 3.63) is 46.7 Å². The fourth-order valence-corrected chi connectivity index (χ4v) is 3.09. The van der Waals surface area contributed by atoms with Gasteiger partial charge in [-0.15, -0.1) is 11.3 Å². The maximum absolute atomic E-state index is 12.2. The van der Waals surface area contributed by atoms with Crippen LogP contribution in [0.3, 0.4) is 0 Å². The Labute approximate surface area is 128 Å². The van der Waals surface area contributed by atoms with Gasteiger partial charge >= 0.3 is 0 Å². The number of hydrogen-bond acceptors (Lipinski definition) is 4. The monoisotopic (exact) mass is 301 g/mol. The third-order valence-corrected chi connectivity index (χ3v) is 4.38. The molecule has 4 nitrogen and oxygen atoms in total. The molecule has 0 bridgehead atoms. The van der Waals surface area contributed by atoms with E-state index in [-0.39, 0.29) is 5.91 Å². The molecule has 1 saturated carbocycles. The van der Waals surface area contributed by atoms with Crippen LogP contribution in [0.1, 0.15) is 17.7 Å². The largest absolute Gasteiger partial charge is 0.399 e. The summed E-state index contributed by atoms with van der Waals surface area (Å²) in [7, 11) is 0. The van der Waals surface area contributed by atoms with Gasteiger partial charge in [-0.25, -0.2) is 0 Å². The molecule has 5 heteroatoms. The number of anilines is 2. The molecular formula is C16H19N3OS. The van der Waals surface area contributed by atoms with Crippen LogP contribution in [0.2, 0.25) is 0 Å². The highest BCUT2D eigenvalue weighted by molar-refractivity contribution is 7.09. The van der Waals surface area contributed by atoms with Gasteiger partial charge in [0, 0.05) is 28.8 Å². The van der Waals surface area contributed by atoms with Crippen molar-refractivity contribution in [1.29, 1.82) is 0 Å². The van der Waals surface area contributed by atoms with Crippen molar-refractivity contribution in [1.82, 2.24) is 4.90 Å². The zero-order valence-corrected chi connectivity index (χ0v) is 12.6. The van der Waals surface area contributed by atoms with Crippen LogP contribution < -0.4 is 11.1 Å². The first kappa shape index (κ1) is 14.1. The average molecular weight is 301 g/mol. The second-order valence-electron chi connectivity index (χ2n) is 5.39. The SMILES string of the molecule is Nc1cccc(NC(=O)CN(Cc2cccs2)C2CC2)c1. The Bertz CT molecular complexity index is 608. The number of nitrogens with two attached hydrogens (primary N) is 1. The highest BCUT2D eigenvalue weighted by Gasteiger charge is 2.30. The lowest BCUT2D eigenvalue weighted by Gasteiger charge is -2.20. The van der Waals surface area contributed by atoms with Crippen LogP contribution >= 0.6 is 11.3 Å². The van der Waals surface area contributed by atoms with Gasteiger partial charge in [0.1, 0.15) is 0 Å². The number of rotatable bonds is 6. The first-order valence-electron chi connectivity index (χ1n) is 7.12. The van der Waals surface area contributed by atoms with Gasteiger partial charge in [-0.05, 0) is 42.5 Å². The van der Waals surface area contributed by atoms with Crippen LogP contribution in [0.25, 0.3) is 0 Å². The van der Waals surface area contributed by atoms with E-state index in [1.807, 2.05) is 18.2 Å². The van der Waals surface area contributed by atoms with E-state index in [0.29, 0.717) is 18.3 Å². The molecule has 1 aromatic heterocycles. The summed E-state index contributed by atoms with van der Waals surface area (Å²) in [5.41, 5.74) is 7.14. The number of nitrogen functional groups attached to an aromatic ring is 1. The molecule has 1 aliphatic carbocycles. The first-order valence-corrected chi connectivity index (χ1v) is 8.00. The predicted molar refractivity (Wildman–Crippen MR) is 87.2 cm³/mol. The molecule has 2 aromatic rings. The summed E-state index contributed by atoms with van der Waals surface area (Å²) >= 11 is 1.74.